The highest BCUT2D eigenvalue weighted by Gasteiger charge is 2.63. The zero-order valence-electron chi connectivity index (χ0n) is 22.2. The van der Waals surface area contributed by atoms with Gasteiger partial charge in [0.1, 0.15) is 11.4 Å². The third-order valence-electron chi connectivity index (χ3n) is 9.35. The van der Waals surface area contributed by atoms with Gasteiger partial charge in [-0.1, -0.05) is 37.0 Å². The van der Waals surface area contributed by atoms with Gasteiger partial charge in [-0.3, -0.25) is 0 Å². The summed E-state index contributed by atoms with van der Waals surface area (Å²) in [7, 11) is 4.15. The van der Waals surface area contributed by atoms with Gasteiger partial charge in [-0.2, -0.15) is 0 Å². The van der Waals surface area contributed by atoms with Gasteiger partial charge >= 0.3 is 0 Å². The van der Waals surface area contributed by atoms with E-state index in [-0.39, 0.29) is 10.8 Å². The van der Waals surface area contributed by atoms with Crippen LogP contribution in [0, 0.1) is 34.5 Å². The van der Waals surface area contributed by atoms with E-state index in [0.29, 0.717) is 29.4 Å². The van der Waals surface area contributed by atoms with E-state index in [2.05, 4.69) is 88.9 Å². The fourth-order valence-corrected chi connectivity index (χ4v) is 7.54. The average Bonchev–Trinajstić information content (AvgIpc) is 3.07. The molecule has 0 bridgehead atoms. The first-order valence-electron chi connectivity index (χ1n) is 13.3. The Bertz CT molecular complexity index is 1160. The molecule has 3 aliphatic carbocycles. The lowest BCUT2D eigenvalue weighted by Gasteiger charge is -2.55. The maximum atomic E-state index is 12.1. The first-order valence-corrected chi connectivity index (χ1v) is 13.3. The quantitative estimate of drug-likeness (QED) is 0.492. The molecule has 3 heteroatoms. The van der Waals surface area contributed by atoms with Crippen LogP contribution in [0.15, 0.2) is 42.5 Å². The summed E-state index contributed by atoms with van der Waals surface area (Å²) in [6.07, 6.45) is 4.82. The van der Waals surface area contributed by atoms with E-state index in [0.717, 1.165) is 32.1 Å². The molecule has 0 saturated heterocycles. The Morgan fingerprint density at radius 1 is 1.03 bits per heavy atom. The van der Waals surface area contributed by atoms with Crippen molar-refractivity contribution < 1.29 is 10.2 Å². The number of aliphatic hydroxyl groups is 1. The Morgan fingerprint density at radius 2 is 1.74 bits per heavy atom. The molecule has 0 heterocycles. The lowest BCUT2D eigenvalue weighted by molar-refractivity contribution is -0.0722. The zero-order valence-corrected chi connectivity index (χ0v) is 22.2. The number of nitrogens with zero attached hydrogens (tertiary/aromatic N) is 1. The Labute approximate surface area is 211 Å². The Kier molecular flexibility index (Phi) is 5.76. The van der Waals surface area contributed by atoms with Crippen LogP contribution >= 0.6 is 0 Å². The zero-order chi connectivity index (χ0) is 25.2. The summed E-state index contributed by atoms with van der Waals surface area (Å²) in [5.74, 6) is 8.85. The lowest BCUT2D eigenvalue weighted by Crippen LogP contribution is -2.52. The summed E-state index contributed by atoms with van der Waals surface area (Å²) >= 11 is 0. The van der Waals surface area contributed by atoms with Crippen LogP contribution in [0.4, 0.5) is 5.69 Å². The Hall–Kier alpha value is -2.44. The molecule has 5 rings (SSSR count). The van der Waals surface area contributed by atoms with Crippen LogP contribution in [-0.2, 0) is 6.42 Å². The van der Waals surface area contributed by atoms with E-state index in [9.17, 15) is 10.2 Å². The molecule has 186 valence electrons. The third-order valence-corrected chi connectivity index (χ3v) is 9.35. The number of fused-ring (bicyclic) bond motifs is 5. The molecule has 0 aliphatic heterocycles. The predicted octanol–water partition coefficient (Wildman–Crippen LogP) is 6.49. The van der Waals surface area contributed by atoms with Crippen molar-refractivity contribution in [2.24, 2.45) is 22.7 Å². The van der Waals surface area contributed by atoms with Gasteiger partial charge in [0, 0.05) is 30.6 Å². The largest absolute Gasteiger partial charge is 0.508 e. The minimum absolute atomic E-state index is 0.130. The maximum Gasteiger partial charge on any atom is 0.131 e. The minimum atomic E-state index is -0.951. The van der Waals surface area contributed by atoms with E-state index >= 15 is 0 Å². The monoisotopic (exact) mass is 471 g/mol. The highest BCUT2D eigenvalue weighted by molar-refractivity contribution is 5.49. The number of hydrogen-bond donors (Lipinski definition) is 2. The standard InChI is InChI=1S/C32H41NO2/c1-30(2,3)17-18-32(35)16-15-28-26-13-9-22-19-24(34)12-14-25(22)29(26)27(20-31(28,32)4)21-7-10-23(11-8-21)33(5)6/h7-8,10-12,14,19,26-29,34-35H,9,13,15-16,20H2,1-6H3/t26-,27+,28-,29?,31-,32+/m0/s1. The van der Waals surface area contributed by atoms with Crippen LogP contribution in [0.25, 0.3) is 0 Å². The first kappa shape index (κ1) is 24.3. The lowest BCUT2D eigenvalue weighted by atomic mass is 9.49. The normalized spacial score (nSPS) is 33.7. The van der Waals surface area contributed by atoms with Gasteiger partial charge < -0.3 is 15.1 Å². The van der Waals surface area contributed by atoms with Gasteiger partial charge in [-0.05, 0) is 118 Å². The van der Waals surface area contributed by atoms with Crippen LogP contribution in [0.5, 0.6) is 5.75 Å². The van der Waals surface area contributed by atoms with Crippen molar-refractivity contribution in [2.75, 3.05) is 19.0 Å². The highest BCUT2D eigenvalue weighted by atomic mass is 16.3. The summed E-state index contributed by atoms with van der Waals surface area (Å²) in [4.78, 5) is 2.14. The molecular weight excluding hydrogens is 430 g/mol. The van der Waals surface area contributed by atoms with Crippen LogP contribution in [0.2, 0.25) is 0 Å². The predicted molar refractivity (Wildman–Crippen MR) is 144 cm³/mol. The molecule has 0 amide bonds. The molecule has 2 aromatic rings. The average molecular weight is 472 g/mol. The van der Waals surface area contributed by atoms with Gasteiger partial charge in [0.15, 0.2) is 0 Å². The Morgan fingerprint density at radius 3 is 2.40 bits per heavy atom. The first-order chi connectivity index (χ1) is 16.4. The van der Waals surface area contributed by atoms with Gasteiger partial charge in [-0.25, -0.2) is 0 Å². The number of phenolic OH excluding ortho intramolecular Hbond substituents is 1. The van der Waals surface area contributed by atoms with Crippen LogP contribution in [0.1, 0.15) is 81.9 Å². The van der Waals surface area contributed by atoms with E-state index < -0.39 is 5.60 Å². The molecule has 2 aromatic carbocycles. The van der Waals surface area contributed by atoms with E-state index in [1.54, 1.807) is 0 Å². The number of benzene rings is 2. The number of phenols is 1. The molecule has 0 spiro atoms. The molecule has 2 saturated carbocycles. The molecule has 35 heavy (non-hydrogen) atoms. The van der Waals surface area contributed by atoms with Crippen molar-refractivity contribution in [1.82, 2.24) is 0 Å². The summed E-state index contributed by atoms with van der Waals surface area (Å²) in [5.41, 5.74) is 3.93. The molecule has 0 radical (unpaired) electrons. The van der Waals surface area contributed by atoms with Gasteiger partial charge in [0.05, 0.1) is 0 Å². The van der Waals surface area contributed by atoms with Crippen molar-refractivity contribution in [3.63, 3.8) is 0 Å². The number of aromatic hydroxyl groups is 1. The summed E-state index contributed by atoms with van der Waals surface area (Å²) in [6.45, 7) is 8.69. The minimum Gasteiger partial charge on any atom is -0.508 e. The van der Waals surface area contributed by atoms with Crippen LogP contribution in [0.3, 0.4) is 0 Å². The second kappa shape index (κ2) is 8.31. The third kappa shape index (κ3) is 4.05. The molecule has 3 aliphatic rings. The smallest absolute Gasteiger partial charge is 0.131 e. The van der Waals surface area contributed by atoms with E-state index in [4.69, 9.17) is 0 Å². The van der Waals surface area contributed by atoms with Gasteiger partial charge in [-0.15, -0.1) is 0 Å². The topological polar surface area (TPSA) is 43.7 Å². The molecule has 6 atom stereocenters. The van der Waals surface area contributed by atoms with Gasteiger partial charge in [0.2, 0.25) is 0 Å². The summed E-state index contributed by atoms with van der Waals surface area (Å²) in [6, 6.07) is 15.0. The maximum absolute atomic E-state index is 12.1. The van der Waals surface area contributed by atoms with Crippen LogP contribution in [-0.4, -0.2) is 29.9 Å². The number of rotatable bonds is 2. The molecule has 0 aromatic heterocycles. The summed E-state index contributed by atoms with van der Waals surface area (Å²) < 4.78 is 0. The molecule has 2 N–H and O–H groups in total. The van der Waals surface area contributed by atoms with Crippen molar-refractivity contribution in [3.8, 4) is 17.6 Å². The fourth-order valence-electron chi connectivity index (χ4n) is 7.54. The Balaban J connectivity index is 1.63. The van der Waals surface area contributed by atoms with E-state index in [1.165, 1.54) is 22.4 Å². The van der Waals surface area contributed by atoms with Crippen molar-refractivity contribution >= 4 is 5.69 Å². The second-order valence-corrected chi connectivity index (χ2v) is 12.8. The van der Waals surface area contributed by atoms with Crippen molar-refractivity contribution in [3.05, 3.63) is 59.2 Å². The second-order valence-electron chi connectivity index (χ2n) is 12.8. The fraction of sp³-hybridized carbons (Fsp3) is 0.562. The highest BCUT2D eigenvalue weighted by Crippen LogP contribution is 2.67. The van der Waals surface area contributed by atoms with Crippen molar-refractivity contribution in [2.45, 2.75) is 77.2 Å². The molecular formula is C32H41NO2. The molecule has 1 unspecified atom stereocenters. The number of hydrogen-bond acceptors (Lipinski definition) is 3. The molecule has 3 nitrogen and oxygen atoms in total. The summed E-state index contributed by atoms with van der Waals surface area (Å²) in [5, 5.41) is 22.3. The van der Waals surface area contributed by atoms with Crippen molar-refractivity contribution in [1.29, 1.82) is 0 Å². The van der Waals surface area contributed by atoms with E-state index in [1.807, 2.05) is 12.1 Å². The number of anilines is 1. The van der Waals surface area contributed by atoms with Crippen LogP contribution < -0.4 is 4.90 Å². The van der Waals surface area contributed by atoms with Gasteiger partial charge in [0.25, 0.3) is 0 Å². The molecule has 2 fully saturated rings. The number of aryl methyl sites for hydroxylation is 1. The SMILES string of the molecule is CN(C)c1ccc([C@H]2C[C@@]3(C)[C@@H](CC[C@@]3(O)C#CC(C)(C)C)[C@@H]3CCc4cc(O)ccc4C23)cc1.